The average Bonchev–Trinajstić information content (AvgIpc) is 2.39. The van der Waals surface area contributed by atoms with Crippen molar-refractivity contribution in [3.63, 3.8) is 0 Å². The van der Waals surface area contributed by atoms with E-state index >= 15 is 0 Å². The number of nitrogens with two attached hydrogens (primary N) is 1. The third-order valence-electron chi connectivity index (χ3n) is 3.12. The molecule has 0 fully saturated rings. The van der Waals surface area contributed by atoms with Gasteiger partial charge in [0.1, 0.15) is 5.75 Å². The molecule has 0 radical (unpaired) electrons. The molecule has 1 aromatic carbocycles. The van der Waals surface area contributed by atoms with E-state index in [1.807, 2.05) is 24.3 Å². The van der Waals surface area contributed by atoms with Gasteiger partial charge in [-0.05, 0) is 12.5 Å². The monoisotopic (exact) mass is 264 g/mol. The van der Waals surface area contributed by atoms with Crippen LogP contribution in [0.25, 0.3) is 0 Å². The van der Waals surface area contributed by atoms with Crippen LogP contribution >= 0.6 is 0 Å². The van der Waals surface area contributed by atoms with Crippen molar-refractivity contribution in [1.29, 1.82) is 0 Å². The zero-order valence-electron chi connectivity index (χ0n) is 12.1. The van der Waals surface area contributed by atoms with Gasteiger partial charge < -0.3 is 15.4 Å². The van der Waals surface area contributed by atoms with Crippen molar-refractivity contribution in [2.75, 3.05) is 14.2 Å². The SMILES string of the molecule is CCCC(N)CC(=O)N(C)Cc1ccccc1OC. The summed E-state index contributed by atoms with van der Waals surface area (Å²) < 4.78 is 5.28. The van der Waals surface area contributed by atoms with Gasteiger partial charge in [0.05, 0.1) is 7.11 Å². The molecule has 2 N–H and O–H groups in total. The van der Waals surface area contributed by atoms with Gasteiger partial charge >= 0.3 is 0 Å². The van der Waals surface area contributed by atoms with Crippen LogP contribution in [0.3, 0.4) is 0 Å². The van der Waals surface area contributed by atoms with Gasteiger partial charge in [0.15, 0.2) is 0 Å². The summed E-state index contributed by atoms with van der Waals surface area (Å²) in [6, 6.07) is 7.68. The van der Waals surface area contributed by atoms with Crippen LogP contribution in [0, 0.1) is 0 Å². The summed E-state index contributed by atoms with van der Waals surface area (Å²) in [4.78, 5) is 13.7. The Labute approximate surface area is 115 Å². The van der Waals surface area contributed by atoms with Crippen LogP contribution in [0.2, 0.25) is 0 Å². The zero-order valence-corrected chi connectivity index (χ0v) is 12.1. The molecule has 0 bridgehead atoms. The van der Waals surface area contributed by atoms with Crippen LogP contribution in [0.5, 0.6) is 5.75 Å². The molecule has 4 nitrogen and oxygen atoms in total. The summed E-state index contributed by atoms with van der Waals surface area (Å²) in [7, 11) is 3.44. The second kappa shape index (κ2) is 7.79. The molecule has 0 aromatic heterocycles. The minimum Gasteiger partial charge on any atom is -0.496 e. The maximum absolute atomic E-state index is 12.0. The van der Waals surface area contributed by atoms with Gasteiger partial charge in [-0.15, -0.1) is 0 Å². The molecule has 1 amide bonds. The Kier molecular flexibility index (Phi) is 6.36. The quantitative estimate of drug-likeness (QED) is 0.821. The van der Waals surface area contributed by atoms with E-state index in [9.17, 15) is 4.79 Å². The normalized spacial score (nSPS) is 12.0. The van der Waals surface area contributed by atoms with Gasteiger partial charge in [0.2, 0.25) is 5.91 Å². The fourth-order valence-corrected chi connectivity index (χ4v) is 2.03. The minimum absolute atomic E-state index is 0.0439. The first-order chi connectivity index (χ1) is 9.08. The van der Waals surface area contributed by atoms with Crippen molar-refractivity contribution >= 4 is 5.91 Å². The van der Waals surface area contributed by atoms with Crippen molar-refractivity contribution in [1.82, 2.24) is 4.90 Å². The molecular weight excluding hydrogens is 240 g/mol. The lowest BCUT2D eigenvalue weighted by molar-refractivity contribution is -0.130. The second-order valence-corrected chi connectivity index (χ2v) is 4.81. The molecule has 106 valence electrons. The fraction of sp³-hybridized carbons (Fsp3) is 0.533. The van der Waals surface area contributed by atoms with E-state index in [1.165, 1.54) is 0 Å². The molecule has 0 aliphatic carbocycles. The molecule has 1 atom stereocenters. The summed E-state index contributed by atoms with van der Waals surface area (Å²) in [5.74, 6) is 0.881. The minimum atomic E-state index is -0.0439. The maximum Gasteiger partial charge on any atom is 0.224 e. The van der Waals surface area contributed by atoms with Gasteiger partial charge in [0.25, 0.3) is 0 Å². The van der Waals surface area contributed by atoms with Gasteiger partial charge in [-0.1, -0.05) is 31.5 Å². The summed E-state index contributed by atoms with van der Waals surface area (Å²) in [6.45, 7) is 2.62. The van der Waals surface area contributed by atoms with Crippen LogP contribution < -0.4 is 10.5 Å². The van der Waals surface area contributed by atoms with E-state index in [1.54, 1.807) is 19.1 Å². The van der Waals surface area contributed by atoms with E-state index < -0.39 is 0 Å². The molecule has 0 saturated carbocycles. The van der Waals surface area contributed by atoms with Crippen LogP contribution in [-0.2, 0) is 11.3 Å². The highest BCUT2D eigenvalue weighted by molar-refractivity contribution is 5.76. The number of benzene rings is 1. The van der Waals surface area contributed by atoms with Crippen LogP contribution in [-0.4, -0.2) is 31.0 Å². The Morgan fingerprint density at radius 1 is 1.42 bits per heavy atom. The van der Waals surface area contributed by atoms with Crippen molar-refractivity contribution in [2.24, 2.45) is 5.73 Å². The Balaban J connectivity index is 2.58. The van der Waals surface area contributed by atoms with Gasteiger partial charge in [-0.25, -0.2) is 0 Å². The smallest absolute Gasteiger partial charge is 0.224 e. The van der Waals surface area contributed by atoms with Crippen LogP contribution in [0.15, 0.2) is 24.3 Å². The molecule has 1 aromatic rings. The first-order valence-electron chi connectivity index (χ1n) is 6.69. The highest BCUT2D eigenvalue weighted by Crippen LogP contribution is 2.19. The van der Waals surface area contributed by atoms with Gasteiger partial charge in [-0.2, -0.15) is 0 Å². The molecule has 1 rings (SSSR count). The molecule has 0 heterocycles. The van der Waals surface area contributed by atoms with Crippen LogP contribution in [0.1, 0.15) is 31.7 Å². The highest BCUT2D eigenvalue weighted by atomic mass is 16.5. The Morgan fingerprint density at radius 3 is 2.74 bits per heavy atom. The summed E-state index contributed by atoms with van der Waals surface area (Å²) in [5, 5.41) is 0. The van der Waals surface area contributed by atoms with E-state index in [0.29, 0.717) is 13.0 Å². The van der Waals surface area contributed by atoms with Crippen LogP contribution in [0.4, 0.5) is 0 Å². The predicted molar refractivity (Wildman–Crippen MR) is 77.0 cm³/mol. The standard InChI is InChI=1S/C15H24N2O2/c1-4-7-13(16)10-15(18)17(2)11-12-8-5-6-9-14(12)19-3/h5-6,8-9,13H,4,7,10-11,16H2,1-3H3. The molecule has 0 aliphatic rings. The van der Waals surface area contributed by atoms with Crippen molar-refractivity contribution in [3.05, 3.63) is 29.8 Å². The molecule has 1 unspecified atom stereocenters. The van der Waals surface area contributed by atoms with E-state index in [2.05, 4.69) is 6.92 Å². The second-order valence-electron chi connectivity index (χ2n) is 4.81. The number of rotatable bonds is 7. The lowest BCUT2D eigenvalue weighted by Crippen LogP contribution is -2.33. The molecule has 19 heavy (non-hydrogen) atoms. The maximum atomic E-state index is 12.0. The summed E-state index contributed by atoms with van der Waals surface area (Å²) >= 11 is 0. The number of ether oxygens (including phenoxy) is 1. The Morgan fingerprint density at radius 2 is 2.11 bits per heavy atom. The molecule has 0 spiro atoms. The number of hydrogen-bond donors (Lipinski definition) is 1. The Hall–Kier alpha value is -1.55. The largest absolute Gasteiger partial charge is 0.496 e. The third kappa shape index (κ3) is 4.91. The first kappa shape index (κ1) is 15.5. The fourth-order valence-electron chi connectivity index (χ4n) is 2.03. The lowest BCUT2D eigenvalue weighted by Gasteiger charge is -2.20. The summed E-state index contributed by atoms with van der Waals surface area (Å²) in [5.41, 5.74) is 6.90. The number of carbonyl (C=O) groups is 1. The number of methoxy groups -OCH3 is 1. The van der Waals surface area contributed by atoms with E-state index in [0.717, 1.165) is 24.2 Å². The average molecular weight is 264 g/mol. The van der Waals surface area contributed by atoms with E-state index in [-0.39, 0.29) is 11.9 Å². The first-order valence-corrected chi connectivity index (χ1v) is 6.69. The predicted octanol–water partition coefficient (Wildman–Crippen LogP) is 2.17. The summed E-state index contributed by atoms with van der Waals surface area (Å²) in [6.07, 6.45) is 2.29. The topological polar surface area (TPSA) is 55.6 Å². The molecular formula is C15H24N2O2. The van der Waals surface area contributed by atoms with Crippen molar-refractivity contribution < 1.29 is 9.53 Å². The number of para-hydroxylation sites is 1. The Bertz CT molecular complexity index is 407. The highest BCUT2D eigenvalue weighted by Gasteiger charge is 2.14. The number of nitrogens with zero attached hydrogens (tertiary/aromatic N) is 1. The van der Waals surface area contributed by atoms with Gasteiger partial charge in [-0.3, -0.25) is 4.79 Å². The molecule has 0 aliphatic heterocycles. The van der Waals surface area contributed by atoms with Crippen molar-refractivity contribution in [2.45, 2.75) is 38.8 Å². The number of carbonyl (C=O) groups excluding carboxylic acids is 1. The third-order valence-corrected chi connectivity index (χ3v) is 3.12. The number of hydrogen-bond acceptors (Lipinski definition) is 3. The van der Waals surface area contributed by atoms with Crippen molar-refractivity contribution in [3.8, 4) is 5.75 Å². The molecule has 0 saturated heterocycles. The number of amides is 1. The van der Waals surface area contributed by atoms with Gasteiger partial charge in [0, 0.05) is 31.6 Å². The van der Waals surface area contributed by atoms with E-state index in [4.69, 9.17) is 10.5 Å². The zero-order chi connectivity index (χ0) is 14.3. The lowest BCUT2D eigenvalue weighted by atomic mass is 10.1. The molecule has 4 heteroatoms.